The molecule has 1 heterocycles. The molecule has 94 valence electrons. The van der Waals surface area contributed by atoms with E-state index in [0.29, 0.717) is 17.3 Å². The van der Waals surface area contributed by atoms with Crippen LogP contribution >= 0.6 is 0 Å². The van der Waals surface area contributed by atoms with Crippen LogP contribution in [0.15, 0.2) is 22.7 Å². The lowest BCUT2D eigenvalue weighted by Crippen LogP contribution is -2.13. The van der Waals surface area contributed by atoms with Crippen molar-refractivity contribution in [3.05, 3.63) is 35.4 Å². The maximum Gasteiger partial charge on any atom is 0.260 e. The molecule has 1 aliphatic carbocycles. The van der Waals surface area contributed by atoms with Gasteiger partial charge in [-0.25, -0.2) is 4.39 Å². The van der Waals surface area contributed by atoms with Gasteiger partial charge >= 0.3 is 0 Å². The van der Waals surface area contributed by atoms with Crippen LogP contribution in [-0.4, -0.2) is 10.1 Å². The Morgan fingerprint density at radius 2 is 2.22 bits per heavy atom. The van der Waals surface area contributed by atoms with Gasteiger partial charge in [0, 0.05) is 0 Å². The third-order valence-corrected chi connectivity index (χ3v) is 3.22. The van der Waals surface area contributed by atoms with Gasteiger partial charge in [-0.15, -0.1) is 0 Å². The van der Waals surface area contributed by atoms with Crippen LogP contribution in [0.1, 0.15) is 30.3 Å². The average Bonchev–Trinajstić information content (AvgIpc) is 3.07. The van der Waals surface area contributed by atoms with Crippen LogP contribution < -0.4 is 5.73 Å². The molecule has 1 aromatic carbocycles. The molecule has 1 aromatic heterocycles. The number of rotatable bonds is 3. The van der Waals surface area contributed by atoms with Gasteiger partial charge in [-0.1, -0.05) is 11.2 Å². The van der Waals surface area contributed by atoms with Crippen molar-refractivity contribution >= 4 is 0 Å². The van der Waals surface area contributed by atoms with Crippen LogP contribution in [0.3, 0.4) is 0 Å². The Labute approximate surface area is 104 Å². The Hall–Kier alpha value is -1.75. The molecule has 1 fully saturated rings. The van der Waals surface area contributed by atoms with E-state index in [1.807, 2.05) is 13.0 Å². The van der Waals surface area contributed by atoms with Crippen LogP contribution in [0, 0.1) is 18.7 Å². The number of benzene rings is 1. The molecule has 5 heteroatoms. The van der Waals surface area contributed by atoms with E-state index in [2.05, 4.69) is 10.1 Å². The molecule has 4 nitrogen and oxygen atoms in total. The van der Waals surface area contributed by atoms with E-state index in [9.17, 15) is 4.39 Å². The molecule has 1 saturated carbocycles. The third kappa shape index (κ3) is 2.01. The Morgan fingerprint density at radius 1 is 1.44 bits per heavy atom. The first-order chi connectivity index (χ1) is 8.65. The second kappa shape index (κ2) is 4.17. The minimum Gasteiger partial charge on any atom is -0.334 e. The lowest BCUT2D eigenvalue weighted by Gasteiger charge is -2.02. The van der Waals surface area contributed by atoms with Gasteiger partial charge in [0.2, 0.25) is 0 Å². The zero-order valence-corrected chi connectivity index (χ0v) is 10.1. The minimum absolute atomic E-state index is 0.193. The molecular weight excluding hydrogens is 233 g/mol. The highest BCUT2D eigenvalue weighted by atomic mass is 19.1. The third-order valence-electron chi connectivity index (χ3n) is 3.22. The predicted molar refractivity (Wildman–Crippen MR) is 64.1 cm³/mol. The quantitative estimate of drug-likeness (QED) is 0.905. The minimum atomic E-state index is -0.356. The van der Waals surface area contributed by atoms with E-state index in [4.69, 9.17) is 10.3 Å². The maximum absolute atomic E-state index is 13.8. The van der Waals surface area contributed by atoms with E-state index in [0.717, 1.165) is 18.4 Å². The zero-order chi connectivity index (χ0) is 12.7. The van der Waals surface area contributed by atoms with Gasteiger partial charge in [-0.05, 0) is 43.4 Å². The number of nitrogens with zero attached hydrogens (tertiary/aromatic N) is 2. The molecule has 2 aromatic rings. The second-order valence-corrected chi connectivity index (χ2v) is 4.80. The second-order valence-electron chi connectivity index (χ2n) is 4.80. The Balaban J connectivity index is 1.92. The fraction of sp³-hybridized carbons (Fsp3) is 0.385. The Kier molecular flexibility index (Phi) is 2.63. The lowest BCUT2D eigenvalue weighted by atomic mass is 10.1. The standard InChI is InChI=1S/C13H14FN3O/c1-7-2-5-9(10(14)6-7)13-16-12(17-18-13)11(15)8-3-4-8/h2,5-6,8,11H,3-4,15H2,1H3. The summed E-state index contributed by atoms with van der Waals surface area (Å²) in [5.41, 5.74) is 7.15. The summed E-state index contributed by atoms with van der Waals surface area (Å²) in [4.78, 5) is 4.19. The molecule has 0 radical (unpaired) electrons. The topological polar surface area (TPSA) is 64.9 Å². The molecule has 0 aliphatic heterocycles. The normalized spacial score (nSPS) is 16.8. The van der Waals surface area contributed by atoms with Crippen molar-refractivity contribution in [1.29, 1.82) is 0 Å². The first-order valence-corrected chi connectivity index (χ1v) is 6.01. The average molecular weight is 247 g/mol. The van der Waals surface area contributed by atoms with Crippen molar-refractivity contribution in [1.82, 2.24) is 10.1 Å². The predicted octanol–water partition coefficient (Wildman–Crippen LogP) is 2.59. The summed E-state index contributed by atoms with van der Waals surface area (Å²) in [5.74, 6) is 0.745. The zero-order valence-electron chi connectivity index (χ0n) is 10.1. The molecule has 2 N–H and O–H groups in total. The first kappa shape index (κ1) is 11.3. The largest absolute Gasteiger partial charge is 0.334 e. The number of hydrogen-bond donors (Lipinski definition) is 1. The van der Waals surface area contributed by atoms with Crippen molar-refractivity contribution in [3.8, 4) is 11.5 Å². The summed E-state index contributed by atoms with van der Waals surface area (Å²) in [6.45, 7) is 1.83. The van der Waals surface area contributed by atoms with Gasteiger partial charge in [0.05, 0.1) is 11.6 Å². The number of hydrogen-bond acceptors (Lipinski definition) is 4. The summed E-state index contributed by atoms with van der Waals surface area (Å²) in [7, 11) is 0. The van der Waals surface area contributed by atoms with Gasteiger partial charge < -0.3 is 10.3 Å². The van der Waals surface area contributed by atoms with E-state index >= 15 is 0 Å². The number of halogens is 1. The molecule has 1 atom stereocenters. The molecule has 0 spiro atoms. The van der Waals surface area contributed by atoms with Gasteiger partial charge in [0.1, 0.15) is 5.82 Å². The van der Waals surface area contributed by atoms with Gasteiger partial charge in [-0.2, -0.15) is 4.98 Å². The van der Waals surface area contributed by atoms with E-state index in [-0.39, 0.29) is 17.7 Å². The molecule has 0 bridgehead atoms. The van der Waals surface area contributed by atoms with E-state index in [1.54, 1.807) is 6.07 Å². The molecular formula is C13H14FN3O. The fourth-order valence-corrected chi connectivity index (χ4v) is 1.94. The smallest absolute Gasteiger partial charge is 0.260 e. The molecule has 0 saturated heterocycles. The number of aromatic nitrogens is 2. The van der Waals surface area contributed by atoms with Gasteiger partial charge in [-0.3, -0.25) is 0 Å². The van der Waals surface area contributed by atoms with Crippen molar-refractivity contribution < 1.29 is 8.91 Å². The Morgan fingerprint density at radius 3 is 2.89 bits per heavy atom. The highest BCUT2D eigenvalue weighted by Crippen LogP contribution is 2.38. The van der Waals surface area contributed by atoms with E-state index in [1.165, 1.54) is 6.07 Å². The van der Waals surface area contributed by atoms with Gasteiger partial charge in [0.25, 0.3) is 5.89 Å². The number of nitrogens with two attached hydrogens (primary N) is 1. The van der Waals surface area contributed by atoms with Crippen LogP contribution in [0.2, 0.25) is 0 Å². The monoisotopic (exact) mass is 247 g/mol. The lowest BCUT2D eigenvalue weighted by molar-refractivity contribution is 0.410. The van der Waals surface area contributed by atoms with Crippen LogP contribution in [0.25, 0.3) is 11.5 Å². The summed E-state index contributed by atoms with van der Waals surface area (Å²) in [6, 6.07) is 4.70. The van der Waals surface area contributed by atoms with Crippen LogP contribution in [0.4, 0.5) is 4.39 Å². The molecule has 3 rings (SSSR count). The van der Waals surface area contributed by atoms with Crippen LogP contribution in [0.5, 0.6) is 0 Å². The van der Waals surface area contributed by atoms with Crippen molar-refractivity contribution in [2.45, 2.75) is 25.8 Å². The molecule has 18 heavy (non-hydrogen) atoms. The highest BCUT2D eigenvalue weighted by Gasteiger charge is 2.32. The fourth-order valence-electron chi connectivity index (χ4n) is 1.94. The van der Waals surface area contributed by atoms with Crippen molar-refractivity contribution in [3.63, 3.8) is 0 Å². The highest BCUT2D eigenvalue weighted by molar-refractivity contribution is 5.54. The maximum atomic E-state index is 13.8. The summed E-state index contributed by atoms with van der Waals surface area (Å²) in [6.07, 6.45) is 2.20. The summed E-state index contributed by atoms with van der Waals surface area (Å²) >= 11 is 0. The van der Waals surface area contributed by atoms with Gasteiger partial charge in [0.15, 0.2) is 5.82 Å². The summed E-state index contributed by atoms with van der Waals surface area (Å²) in [5, 5.41) is 3.84. The first-order valence-electron chi connectivity index (χ1n) is 6.01. The van der Waals surface area contributed by atoms with E-state index < -0.39 is 0 Å². The van der Waals surface area contributed by atoms with Crippen molar-refractivity contribution in [2.24, 2.45) is 11.7 Å². The molecule has 1 aliphatic rings. The molecule has 1 unspecified atom stereocenters. The SMILES string of the molecule is Cc1ccc(-c2nc(C(N)C3CC3)no2)c(F)c1. The van der Waals surface area contributed by atoms with Crippen LogP contribution in [-0.2, 0) is 0 Å². The Bertz CT molecular complexity index is 577. The van der Waals surface area contributed by atoms with Crippen molar-refractivity contribution in [2.75, 3.05) is 0 Å². The molecule has 0 amide bonds. The summed E-state index contributed by atoms with van der Waals surface area (Å²) < 4.78 is 18.8. The number of aryl methyl sites for hydroxylation is 1.